The van der Waals surface area contributed by atoms with Crippen molar-refractivity contribution in [3.05, 3.63) is 0 Å². The van der Waals surface area contributed by atoms with Gasteiger partial charge >= 0.3 is 0 Å². The van der Waals surface area contributed by atoms with Gasteiger partial charge < -0.3 is 15.4 Å². The van der Waals surface area contributed by atoms with Crippen LogP contribution in [-0.2, 0) is 4.74 Å². The zero-order valence-electron chi connectivity index (χ0n) is 15.3. The molecule has 5 heteroatoms. The predicted octanol–water partition coefficient (Wildman–Crippen LogP) is 3.70. The van der Waals surface area contributed by atoms with E-state index in [4.69, 9.17) is 4.74 Å². The molecule has 0 bridgehead atoms. The molecular formula is C19H34IN3O. The molecule has 4 aliphatic rings. The molecule has 24 heavy (non-hydrogen) atoms. The summed E-state index contributed by atoms with van der Waals surface area (Å²) >= 11 is 0. The molecule has 3 atom stereocenters. The first-order chi connectivity index (χ1) is 11.2. The fourth-order valence-corrected chi connectivity index (χ4v) is 5.85. The van der Waals surface area contributed by atoms with Crippen LogP contribution in [0.2, 0.25) is 0 Å². The Hall–Kier alpha value is -0.0400. The molecule has 138 valence electrons. The molecule has 4 fully saturated rings. The maximum Gasteiger partial charge on any atom is 0.191 e. The highest BCUT2D eigenvalue weighted by atomic mass is 127. The number of nitrogens with zero attached hydrogens (tertiary/aromatic N) is 1. The second-order valence-corrected chi connectivity index (χ2v) is 8.44. The normalized spacial score (nSPS) is 35.6. The van der Waals surface area contributed by atoms with E-state index in [9.17, 15) is 0 Å². The van der Waals surface area contributed by atoms with E-state index in [1.807, 2.05) is 7.05 Å². The zero-order chi connectivity index (χ0) is 15.9. The number of rotatable bonds is 4. The lowest BCUT2D eigenvalue weighted by atomic mass is 9.54. The van der Waals surface area contributed by atoms with Crippen LogP contribution in [0.5, 0.6) is 0 Å². The Morgan fingerprint density at radius 1 is 1.17 bits per heavy atom. The second-order valence-electron chi connectivity index (χ2n) is 8.44. The van der Waals surface area contributed by atoms with Crippen molar-refractivity contribution in [2.75, 3.05) is 20.2 Å². The lowest BCUT2D eigenvalue weighted by Crippen LogP contribution is -2.69. The summed E-state index contributed by atoms with van der Waals surface area (Å²) in [7, 11) is 1.91. The summed E-state index contributed by atoms with van der Waals surface area (Å²) in [5, 5.41) is 7.46. The summed E-state index contributed by atoms with van der Waals surface area (Å²) in [6.45, 7) is 4.37. The molecule has 0 aromatic carbocycles. The van der Waals surface area contributed by atoms with Crippen molar-refractivity contribution in [3.63, 3.8) is 0 Å². The van der Waals surface area contributed by atoms with Crippen molar-refractivity contribution in [1.82, 2.24) is 10.6 Å². The van der Waals surface area contributed by atoms with E-state index < -0.39 is 0 Å². The number of fused-ring (bicyclic) bond motifs is 2. The molecule has 4 rings (SSSR count). The molecule has 1 spiro atoms. The van der Waals surface area contributed by atoms with Crippen LogP contribution in [0.25, 0.3) is 0 Å². The molecule has 0 radical (unpaired) electrons. The van der Waals surface area contributed by atoms with Crippen LogP contribution in [0.4, 0.5) is 0 Å². The molecule has 1 heterocycles. The zero-order valence-corrected chi connectivity index (χ0v) is 17.6. The maximum absolute atomic E-state index is 6.09. The number of guanidine groups is 1. The minimum absolute atomic E-state index is 0. The van der Waals surface area contributed by atoms with Gasteiger partial charge in [-0.2, -0.15) is 0 Å². The Morgan fingerprint density at radius 3 is 2.50 bits per heavy atom. The molecule has 4 nitrogen and oxygen atoms in total. The Bertz CT molecular complexity index is 466. The largest absolute Gasteiger partial charge is 0.377 e. The summed E-state index contributed by atoms with van der Waals surface area (Å²) in [6.07, 6.45) is 12.6. The quantitative estimate of drug-likeness (QED) is 0.393. The van der Waals surface area contributed by atoms with E-state index in [0.717, 1.165) is 19.1 Å². The Balaban J connectivity index is 0.00000169. The van der Waals surface area contributed by atoms with Crippen LogP contribution in [0.15, 0.2) is 4.99 Å². The number of aliphatic imine (C=N–C) groups is 1. The van der Waals surface area contributed by atoms with E-state index in [0.29, 0.717) is 28.9 Å². The van der Waals surface area contributed by atoms with Gasteiger partial charge in [0.2, 0.25) is 0 Å². The number of hydrogen-bond acceptors (Lipinski definition) is 2. The Kier molecular flexibility index (Phi) is 5.70. The van der Waals surface area contributed by atoms with Crippen LogP contribution in [0.3, 0.4) is 0 Å². The molecule has 3 saturated carbocycles. The minimum atomic E-state index is 0. The van der Waals surface area contributed by atoms with Crippen molar-refractivity contribution in [1.29, 1.82) is 0 Å². The molecule has 2 N–H and O–H groups in total. The molecule has 3 unspecified atom stereocenters. The highest BCUT2D eigenvalue weighted by Crippen LogP contribution is 2.60. The van der Waals surface area contributed by atoms with Gasteiger partial charge in [0.25, 0.3) is 0 Å². The molecule has 0 aromatic rings. The lowest BCUT2D eigenvalue weighted by molar-refractivity contribution is -0.125. The van der Waals surface area contributed by atoms with Gasteiger partial charge in [0, 0.05) is 37.6 Å². The van der Waals surface area contributed by atoms with E-state index in [1.54, 1.807) is 0 Å². The second kappa shape index (κ2) is 7.29. The number of hydrogen-bond donors (Lipinski definition) is 2. The number of halogens is 1. The van der Waals surface area contributed by atoms with Gasteiger partial charge in [0.05, 0.1) is 6.10 Å². The highest BCUT2D eigenvalue weighted by molar-refractivity contribution is 14.0. The van der Waals surface area contributed by atoms with Gasteiger partial charge in [0.15, 0.2) is 5.96 Å². The van der Waals surface area contributed by atoms with Gasteiger partial charge in [-0.25, -0.2) is 0 Å². The van der Waals surface area contributed by atoms with Crippen LogP contribution >= 0.6 is 24.0 Å². The standard InChI is InChI=1S/C19H33N3O.HI/c1-3-18(8-6-9-18)13-21-17(20-2)22-15-14-7-12-23-16(14)19(15)10-4-5-11-19;/h14-16H,3-13H2,1-2H3,(H2,20,21,22);1H. The molecule has 1 saturated heterocycles. The van der Waals surface area contributed by atoms with Gasteiger partial charge in [-0.05, 0) is 43.9 Å². The molecular weight excluding hydrogens is 413 g/mol. The minimum Gasteiger partial charge on any atom is -0.377 e. The summed E-state index contributed by atoms with van der Waals surface area (Å²) in [5.74, 6) is 1.72. The van der Waals surface area contributed by atoms with E-state index >= 15 is 0 Å². The number of nitrogens with one attached hydrogen (secondary N) is 2. The van der Waals surface area contributed by atoms with Crippen LogP contribution < -0.4 is 10.6 Å². The fourth-order valence-electron chi connectivity index (χ4n) is 5.85. The SMILES string of the molecule is CCC1(CNC(=NC)NC2C3CCOC3C23CCCC3)CCC1.I. The summed E-state index contributed by atoms with van der Waals surface area (Å²) in [4.78, 5) is 4.53. The molecule has 1 aliphatic heterocycles. The monoisotopic (exact) mass is 447 g/mol. The van der Waals surface area contributed by atoms with Crippen molar-refractivity contribution in [2.45, 2.75) is 76.9 Å². The van der Waals surface area contributed by atoms with Crippen LogP contribution in [0, 0.1) is 16.7 Å². The fraction of sp³-hybridized carbons (Fsp3) is 0.947. The van der Waals surface area contributed by atoms with Crippen molar-refractivity contribution < 1.29 is 4.74 Å². The van der Waals surface area contributed by atoms with Crippen molar-refractivity contribution in [2.24, 2.45) is 21.7 Å². The van der Waals surface area contributed by atoms with Crippen molar-refractivity contribution in [3.8, 4) is 0 Å². The summed E-state index contributed by atoms with van der Waals surface area (Å²) < 4.78 is 6.09. The third kappa shape index (κ3) is 2.87. The first-order valence-corrected chi connectivity index (χ1v) is 9.82. The van der Waals surface area contributed by atoms with Gasteiger partial charge in [-0.15, -0.1) is 24.0 Å². The topological polar surface area (TPSA) is 45.7 Å². The number of ether oxygens (including phenoxy) is 1. The molecule has 0 amide bonds. The predicted molar refractivity (Wildman–Crippen MR) is 109 cm³/mol. The first kappa shape index (κ1) is 18.7. The molecule has 0 aromatic heterocycles. The van der Waals surface area contributed by atoms with Gasteiger partial charge in [-0.3, -0.25) is 4.99 Å². The third-order valence-electron chi connectivity index (χ3n) is 7.60. The molecule has 3 aliphatic carbocycles. The third-order valence-corrected chi connectivity index (χ3v) is 7.60. The average molecular weight is 447 g/mol. The van der Waals surface area contributed by atoms with E-state index in [-0.39, 0.29) is 24.0 Å². The Morgan fingerprint density at radius 2 is 1.92 bits per heavy atom. The van der Waals surface area contributed by atoms with Crippen LogP contribution in [-0.4, -0.2) is 38.3 Å². The maximum atomic E-state index is 6.09. The van der Waals surface area contributed by atoms with E-state index in [2.05, 4.69) is 22.5 Å². The average Bonchev–Trinajstić information content (AvgIpc) is 3.17. The summed E-state index contributed by atoms with van der Waals surface area (Å²) in [6, 6.07) is 0.572. The summed E-state index contributed by atoms with van der Waals surface area (Å²) in [5.41, 5.74) is 0.930. The smallest absolute Gasteiger partial charge is 0.191 e. The van der Waals surface area contributed by atoms with Crippen LogP contribution in [0.1, 0.15) is 64.7 Å². The lowest BCUT2D eigenvalue weighted by Gasteiger charge is -2.57. The first-order valence-electron chi connectivity index (χ1n) is 9.82. The van der Waals surface area contributed by atoms with Crippen molar-refractivity contribution >= 4 is 29.9 Å². The highest BCUT2D eigenvalue weighted by Gasteiger charge is 2.65. The van der Waals surface area contributed by atoms with Gasteiger partial charge in [-0.1, -0.05) is 26.2 Å². The van der Waals surface area contributed by atoms with E-state index in [1.165, 1.54) is 57.8 Å². The van der Waals surface area contributed by atoms with Gasteiger partial charge in [0.1, 0.15) is 0 Å². The Labute approximate surface area is 164 Å².